The van der Waals surface area contributed by atoms with Gasteiger partial charge in [-0.1, -0.05) is 0 Å². The summed E-state index contributed by atoms with van der Waals surface area (Å²) in [6.07, 6.45) is 0. The Balaban J connectivity index is 3.48. The van der Waals surface area contributed by atoms with Gasteiger partial charge in [0.1, 0.15) is 11.3 Å². The van der Waals surface area contributed by atoms with Crippen LogP contribution in [0.15, 0.2) is 12.1 Å². The molecule has 0 aromatic heterocycles. The minimum absolute atomic E-state index is 0.0588. The molecule has 0 radical (unpaired) electrons. The number of benzene rings is 1. The lowest BCUT2D eigenvalue weighted by atomic mass is 10.1. The van der Waals surface area contributed by atoms with Crippen molar-refractivity contribution < 1.29 is 28.0 Å². The second-order valence-electron chi connectivity index (χ2n) is 2.54. The minimum atomic E-state index is -1.81. The fourth-order valence-corrected chi connectivity index (χ4v) is 2.02. The highest BCUT2D eigenvalue weighted by Crippen LogP contribution is 2.25. The largest absolute Gasteiger partial charge is 0.507 e. The van der Waals surface area contributed by atoms with Crippen LogP contribution in [-0.2, 0) is 3.07 Å². The summed E-state index contributed by atoms with van der Waals surface area (Å²) in [5.41, 5.74) is -0.786. The molecule has 0 fully saturated rings. The van der Waals surface area contributed by atoms with Gasteiger partial charge in [-0.2, -0.15) is 0 Å². The molecular formula is C8H5IO6. The zero-order valence-electron chi connectivity index (χ0n) is 7.10. The molecule has 0 saturated carbocycles. The smallest absolute Gasteiger partial charge is 0.339 e. The summed E-state index contributed by atoms with van der Waals surface area (Å²) < 4.78 is 10.7. The standard InChI is InChI=1S/C8H5IO6/c10-6-2-3(7(11)12)5(9-15)1-4(6)8(13)14/h1-2,10H,(H,11,12)(H,13,14). The van der Waals surface area contributed by atoms with E-state index in [1.165, 1.54) is 0 Å². The second kappa shape index (κ2) is 4.34. The summed E-state index contributed by atoms with van der Waals surface area (Å²) >= 11 is -1.81. The van der Waals surface area contributed by atoms with Gasteiger partial charge in [0, 0.05) is 0 Å². The van der Waals surface area contributed by atoms with E-state index in [1.807, 2.05) is 0 Å². The SMILES string of the molecule is O=Ic1cc(C(=O)O)c(O)cc1C(=O)O. The van der Waals surface area contributed by atoms with E-state index in [1.54, 1.807) is 0 Å². The number of halogens is 1. The number of phenols is 1. The van der Waals surface area contributed by atoms with Crippen LogP contribution in [0.4, 0.5) is 0 Å². The van der Waals surface area contributed by atoms with Crippen molar-refractivity contribution in [3.05, 3.63) is 26.8 Å². The molecule has 0 heterocycles. The molecule has 0 aliphatic heterocycles. The Morgan fingerprint density at radius 1 is 1.07 bits per heavy atom. The van der Waals surface area contributed by atoms with E-state index in [9.17, 15) is 17.8 Å². The second-order valence-corrected chi connectivity index (χ2v) is 4.14. The highest BCUT2D eigenvalue weighted by atomic mass is 127. The molecule has 15 heavy (non-hydrogen) atoms. The Labute approximate surface area is 93.8 Å². The first-order valence-corrected chi connectivity index (χ1v) is 5.54. The van der Waals surface area contributed by atoms with Crippen LogP contribution in [0.2, 0.25) is 0 Å². The molecule has 0 saturated heterocycles. The van der Waals surface area contributed by atoms with Crippen molar-refractivity contribution in [1.29, 1.82) is 0 Å². The average Bonchev–Trinajstić information content (AvgIpc) is 2.16. The maximum atomic E-state index is 10.7. The number of carboxylic acid groups (broad SMARTS) is 2. The van der Waals surface area contributed by atoms with Gasteiger partial charge >= 0.3 is 11.9 Å². The summed E-state index contributed by atoms with van der Waals surface area (Å²) in [6.45, 7) is 0. The summed E-state index contributed by atoms with van der Waals surface area (Å²) in [7, 11) is 0. The van der Waals surface area contributed by atoms with E-state index in [-0.39, 0.29) is 9.13 Å². The Bertz CT molecular complexity index is 453. The fraction of sp³-hybridized carbons (Fsp3) is 0. The molecule has 3 N–H and O–H groups in total. The van der Waals surface area contributed by atoms with Crippen LogP contribution >= 0.6 is 21.2 Å². The third kappa shape index (κ3) is 2.29. The first kappa shape index (κ1) is 11.6. The number of carboxylic acids is 2. The predicted octanol–water partition coefficient (Wildman–Crippen LogP) is 1.27. The predicted molar refractivity (Wildman–Crippen MR) is 55.4 cm³/mol. The first-order valence-electron chi connectivity index (χ1n) is 3.58. The van der Waals surface area contributed by atoms with Crippen molar-refractivity contribution >= 4 is 33.1 Å². The molecule has 7 heteroatoms. The van der Waals surface area contributed by atoms with Crippen molar-refractivity contribution in [3.8, 4) is 5.75 Å². The Kier molecular flexibility index (Phi) is 3.35. The van der Waals surface area contributed by atoms with Crippen LogP contribution < -0.4 is 0 Å². The lowest BCUT2D eigenvalue weighted by molar-refractivity contribution is 0.0677. The van der Waals surface area contributed by atoms with E-state index in [4.69, 9.17) is 10.2 Å². The number of rotatable bonds is 3. The Hall–Kier alpha value is -1.51. The molecule has 1 aromatic rings. The Morgan fingerprint density at radius 3 is 2.00 bits per heavy atom. The molecule has 1 rings (SSSR count). The van der Waals surface area contributed by atoms with Crippen LogP contribution in [0.1, 0.15) is 20.7 Å². The van der Waals surface area contributed by atoms with Crippen molar-refractivity contribution in [2.24, 2.45) is 0 Å². The highest BCUT2D eigenvalue weighted by molar-refractivity contribution is 14.1. The van der Waals surface area contributed by atoms with E-state index in [0.29, 0.717) is 0 Å². The quantitative estimate of drug-likeness (QED) is 0.722. The van der Waals surface area contributed by atoms with Crippen molar-refractivity contribution in [2.75, 3.05) is 0 Å². The lowest BCUT2D eigenvalue weighted by Crippen LogP contribution is -2.04. The zero-order valence-corrected chi connectivity index (χ0v) is 9.26. The van der Waals surface area contributed by atoms with Gasteiger partial charge in [-0.3, -0.25) is 3.07 Å². The Morgan fingerprint density at radius 2 is 1.60 bits per heavy atom. The van der Waals surface area contributed by atoms with Gasteiger partial charge in [-0.15, -0.1) is 0 Å². The van der Waals surface area contributed by atoms with Crippen LogP contribution in [0, 0.1) is 3.57 Å². The monoisotopic (exact) mass is 324 g/mol. The van der Waals surface area contributed by atoms with Gasteiger partial charge in [0.05, 0.1) is 9.13 Å². The molecular weight excluding hydrogens is 319 g/mol. The molecule has 0 aliphatic carbocycles. The van der Waals surface area contributed by atoms with Crippen LogP contribution in [0.25, 0.3) is 0 Å². The van der Waals surface area contributed by atoms with Crippen molar-refractivity contribution in [3.63, 3.8) is 0 Å². The molecule has 6 nitrogen and oxygen atoms in total. The maximum absolute atomic E-state index is 10.7. The summed E-state index contributed by atoms with van der Waals surface area (Å²) in [5.74, 6) is -3.41. The van der Waals surface area contributed by atoms with Gasteiger partial charge in [0.15, 0.2) is 21.2 Å². The molecule has 0 bridgehead atoms. The molecule has 1 aromatic carbocycles. The lowest BCUT2D eigenvalue weighted by Gasteiger charge is -2.03. The maximum Gasteiger partial charge on any atom is 0.339 e. The number of hydrogen-bond donors (Lipinski definition) is 3. The molecule has 0 amide bonds. The molecule has 0 unspecified atom stereocenters. The van der Waals surface area contributed by atoms with Crippen molar-refractivity contribution in [2.45, 2.75) is 0 Å². The molecule has 0 spiro atoms. The minimum Gasteiger partial charge on any atom is -0.507 e. The zero-order chi connectivity index (χ0) is 11.6. The van der Waals surface area contributed by atoms with Gasteiger partial charge in [-0.05, 0) is 12.1 Å². The van der Waals surface area contributed by atoms with Crippen LogP contribution in [0.3, 0.4) is 0 Å². The van der Waals surface area contributed by atoms with E-state index in [2.05, 4.69) is 0 Å². The molecule has 0 aliphatic rings. The van der Waals surface area contributed by atoms with E-state index < -0.39 is 44.4 Å². The van der Waals surface area contributed by atoms with Crippen LogP contribution in [0.5, 0.6) is 5.75 Å². The van der Waals surface area contributed by atoms with E-state index in [0.717, 1.165) is 12.1 Å². The summed E-state index contributed by atoms with van der Waals surface area (Å²) in [5, 5.41) is 26.5. The number of carbonyl (C=O) groups is 2. The van der Waals surface area contributed by atoms with Gasteiger partial charge in [-0.25, -0.2) is 9.59 Å². The van der Waals surface area contributed by atoms with Gasteiger partial charge in [0.25, 0.3) is 0 Å². The van der Waals surface area contributed by atoms with E-state index >= 15 is 0 Å². The summed E-state index contributed by atoms with van der Waals surface area (Å²) in [6, 6.07) is 1.71. The first-order chi connectivity index (χ1) is 6.97. The number of aromatic carboxylic acids is 2. The fourth-order valence-electron chi connectivity index (χ4n) is 0.961. The highest BCUT2D eigenvalue weighted by Gasteiger charge is 2.18. The number of aromatic hydroxyl groups is 1. The van der Waals surface area contributed by atoms with Crippen LogP contribution in [-0.4, -0.2) is 27.3 Å². The summed E-state index contributed by atoms with van der Waals surface area (Å²) in [4.78, 5) is 21.2. The third-order valence-corrected chi connectivity index (χ3v) is 3.00. The molecule has 80 valence electrons. The average molecular weight is 324 g/mol. The topological polar surface area (TPSA) is 112 Å². The number of hydrogen-bond acceptors (Lipinski definition) is 4. The van der Waals surface area contributed by atoms with Crippen molar-refractivity contribution in [1.82, 2.24) is 0 Å². The van der Waals surface area contributed by atoms with Gasteiger partial charge in [0.2, 0.25) is 0 Å². The normalized spacial score (nSPS) is 9.87. The molecule has 0 atom stereocenters. The van der Waals surface area contributed by atoms with Gasteiger partial charge < -0.3 is 15.3 Å². The third-order valence-electron chi connectivity index (χ3n) is 1.63.